The van der Waals surface area contributed by atoms with Gasteiger partial charge in [0.05, 0.1) is 5.92 Å². The minimum Gasteiger partial charge on any atom is -0.481 e. The first-order valence-electron chi connectivity index (χ1n) is 7.87. The Bertz CT molecular complexity index is 693. The molecule has 5 heteroatoms. The van der Waals surface area contributed by atoms with Crippen LogP contribution >= 0.6 is 0 Å². The van der Waals surface area contributed by atoms with E-state index in [9.17, 15) is 9.59 Å². The predicted octanol–water partition coefficient (Wildman–Crippen LogP) is 2.55. The topological polar surface area (TPSA) is 73.4 Å². The third kappa shape index (κ3) is 3.62. The van der Waals surface area contributed by atoms with Gasteiger partial charge in [-0.05, 0) is 30.5 Å². The summed E-state index contributed by atoms with van der Waals surface area (Å²) in [5, 5.41) is 8.99. The summed E-state index contributed by atoms with van der Waals surface area (Å²) < 4.78 is 0. The van der Waals surface area contributed by atoms with Crippen molar-refractivity contribution < 1.29 is 14.7 Å². The van der Waals surface area contributed by atoms with Crippen molar-refractivity contribution in [3.05, 3.63) is 48.2 Å². The summed E-state index contributed by atoms with van der Waals surface area (Å²) in [6.07, 6.45) is 1.60. The molecule has 2 aromatic rings. The van der Waals surface area contributed by atoms with E-state index in [4.69, 9.17) is 5.11 Å². The molecular formula is C18H20N2O3. The van der Waals surface area contributed by atoms with Gasteiger partial charge in [-0.3, -0.25) is 9.59 Å². The van der Waals surface area contributed by atoms with Crippen LogP contribution in [0.2, 0.25) is 0 Å². The van der Waals surface area contributed by atoms with Crippen LogP contribution in [0.5, 0.6) is 0 Å². The van der Waals surface area contributed by atoms with E-state index >= 15 is 0 Å². The minimum absolute atomic E-state index is 0.0320. The summed E-state index contributed by atoms with van der Waals surface area (Å²) in [6, 6.07) is 14.1. The van der Waals surface area contributed by atoms with Crippen LogP contribution in [0.3, 0.4) is 0 Å². The summed E-state index contributed by atoms with van der Waals surface area (Å²) in [5.74, 6) is -1.18. The molecule has 0 bridgehead atoms. The average molecular weight is 312 g/mol. The standard InChI is InChI=1S/C18H20N2O3/c21-17(20-11-10-14(12-20)18(22)23)9-7-15-6-8-16(19-15)13-4-2-1-3-5-13/h1-6,8,14,19H,7,9-12H2,(H,22,23). The monoisotopic (exact) mass is 312 g/mol. The second kappa shape index (κ2) is 6.69. The normalized spacial score (nSPS) is 17.4. The molecule has 0 radical (unpaired) electrons. The maximum atomic E-state index is 12.2. The van der Waals surface area contributed by atoms with Crippen LogP contribution in [0.1, 0.15) is 18.5 Å². The van der Waals surface area contributed by atoms with Gasteiger partial charge in [0, 0.05) is 30.9 Å². The van der Waals surface area contributed by atoms with Gasteiger partial charge in [0.1, 0.15) is 0 Å². The van der Waals surface area contributed by atoms with E-state index in [0.29, 0.717) is 32.4 Å². The molecule has 3 rings (SSSR count). The molecule has 120 valence electrons. The van der Waals surface area contributed by atoms with Crippen LogP contribution in [-0.4, -0.2) is 40.0 Å². The number of carbonyl (C=O) groups excluding carboxylic acids is 1. The van der Waals surface area contributed by atoms with Crippen molar-refractivity contribution in [2.45, 2.75) is 19.3 Å². The number of hydrogen-bond donors (Lipinski definition) is 2. The summed E-state index contributed by atoms with van der Waals surface area (Å²) in [4.78, 5) is 28.1. The highest BCUT2D eigenvalue weighted by Crippen LogP contribution is 2.20. The molecule has 0 saturated carbocycles. The maximum Gasteiger partial charge on any atom is 0.308 e. The zero-order valence-corrected chi connectivity index (χ0v) is 12.9. The van der Waals surface area contributed by atoms with Crippen molar-refractivity contribution in [2.75, 3.05) is 13.1 Å². The number of carboxylic acid groups (broad SMARTS) is 1. The number of benzene rings is 1. The van der Waals surface area contributed by atoms with Gasteiger partial charge in [0.25, 0.3) is 0 Å². The summed E-state index contributed by atoms with van der Waals surface area (Å²) in [6.45, 7) is 0.893. The van der Waals surface area contributed by atoms with Gasteiger partial charge in [-0.2, -0.15) is 0 Å². The average Bonchev–Trinajstić information content (AvgIpc) is 3.23. The molecule has 1 unspecified atom stereocenters. The number of aryl methyl sites for hydroxylation is 1. The number of rotatable bonds is 5. The lowest BCUT2D eigenvalue weighted by atomic mass is 10.1. The van der Waals surface area contributed by atoms with E-state index in [-0.39, 0.29) is 5.91 Å². The molecular weight excluding hydrogens is 292 g/mol. The van der Waals surface area contributed by atoms with Gasteiger partial charge < -0.3 is 15.0 Å². The molecule has 1 fully saturated rings. The molecule has 2 heterocycles. The van der Waals surface area contributed by atoms with Gasteiger partial charge in [-0.1, -0.05) is 30.3 Å². The van der Waals surface area contributed by atoms with Crippen molar-refractivity contribution in [1.82, 2.24) is 9.88 Å². The highest BCUT2D eigenvalue weighted by molar-refractivity contribution is 5.79. The van der Waals surface area contributed by atoms with Crippen molar-refractivity contribution >= 4 is 11.9 Å². The number of aliphatic carboxylic acids is 1. The number of amides is 1. The molecule has 1 saturated heterocycles. The molecule has 1 atom stereocenters. The lowest BCUT2D eigenvalue weighted by Gasteiger charge is -2.15. The molecule has 0 spiro atoms. The lowest BCUT2D eigenvalue weighted by Crippen LogP contribution is -2.30. The first kappa shape index (κ1) is 15.3. The largest absolute Gasteiger partial charge is 0.481 e. The van der Waals surface area contributed by atoms with Gasteiger partial charge in [-0.25, -0.2) is 0 Å². The van der Waals surface area contributed by atoms with Gasteiger partial charge in [-0.15, -0.1) is 0 Å². The molecule has 1 aliphatic heterocycles. The van der Waals surface area contributed by atoms with Crippen molar-refractivity contribution in [3.8, 4) is 11.3 Å². The fourth-order valence-corrected chi connectivity index (χ4v) is 2.96. The zero-order valence-electron chi connectivity index (χ0n) is 12.9. The first-order valence-corrected chi connectivity index (χ1v) is 7.87. The summed E-state index contributed by atoms with van der Waals surface area (Å²) >= 11 is 0. The van der Waals surface area contributed by atoms with E-state index in [1.807, 2.05) is 42.5 Å². The Hall–Kier alpha value is -2.56. The Labute approximate surface area is 134 Å². The van der Waals surface area contributed by atoms with E-state index in [2.05, 4.69) is 4.98 Å². The molecule has 0 aliphatic carbocycles. The number of H-pyrrole nitrogens is 1. The Morgan fingerprint density at radius 1 is 1.17 bits per heavy atom. The molecule has 1 aromatic carbocycles. The summed E-state index contributed by atoms with van der Waals surface area (Å²) in [7, 11) is 0. The highest BCUT2D eigenvalue weighted by atomic mass is 16.4. The van der Waals surface area contributed by atoms with E-state index < -0.39 is 11.9 Å². The smallest absolute Gasteiger partial charge is 0.308 e. The van der Waals surface area contributed by atoms with Crippen LogP contribution in [0.4, 0.5) is 0 Å². The third-order valence-corrected chi connectivity index (χ3v) is 4.33. The maximum absolute atomic E-state index is 12.2. The Balaban J connectivity index is 1.54. The van der Waals surface area contributed by atoms with Crippen LogP contribution < -0.4 is 0 Å². The Morgan fingerprint density at radius 3 is 2.65 bits per heavy atom. The molecule has 1 aliphatic rings. The molecule has 5 nitrogen and oxygen atoms in total. The molecule has 23 heavy (non-hydrogen) atoms. The van der Waals surface area contributed by atoms with Crippen LogP contribution in [0.25, 0.3) is 11.3 Å². The Morgan fingerprint density at radius 2 is 1.96 bits per heavy atom. The fourth-order valence-electron chi connectivity index (χ4n) is 2.96. The predicted molar refractivity (Wildman–Crippen MR) is 86.9 cm³/mol. The van der Waals surface area contributed by atoms with Crippen molar-refractivity contribution in [1.29, 1.82) is 0 Å². The lowest BCUT2D eigenvalue weighted by molar-refractivity contribution is -0.141. The highest BCUT2D eigenvalue weighted by Gasteiger charge is 2.30. The fraction of sp³-hybridized carbons (Fsp3) is 0.333. The molecule has 1 aromatic heterocycles. The SMILES string of the molecule is O=C(O)C1CCN(C(=O)CCc2ccc(-c3ccccc3)[nH]2)C1. The number of nitrogens with one attached hydrogen (secondary N) is 1. The van der Waals surface area contributed by atoms with Gasteiger partial charge in [0.2, 0.25) is 5.91 Å². The minimum atomic E-state index is -0.808. The number of carboxylic acids is 1. The van der Waals surface area contributed by atoms with Crippen LogP contribution in [0, 0.1) is 5.92 Å². The second-order valence-electron chi connectivity index (χ2n) is 5.93. The second-order valence-corrected chi connectivity index (χ2v) is 5.93. The van der Waals surface area contributed by atoms with Crippen molar-refractivity contribution in [2.24, 2.45) is 5.92 Å². The van der Waals surface area contributed by atoms with Gasteiger partial charge >= 0.3 is 5.97 Å². The van der Waals surface area contributed by atoms with Crippen LogP contribution in [-0.2, 0) is 16.0 Å². The van der Waals surface area contributed by atoms with E-state index in [1.54, 1.807) is 4.90 Å². The zero-order chi connectivity index (χ0) is 16.2. The first-order chi connectivity index (χ1) is 11.1. The summed E-state index contributed by atoms with van der Waals surface area (Å²) in [5.41, 5.74) is 3.18. The van der Waals surface area contributed by atoms with E-state index in [1.165, 1.54) is 0 Å². The van der Waals surface area contributed by atoms with Crippen molar-refractivity contribution in [3.63, 3.8) is 0 Å². The third-order valence-electron chi connectivity index (χ3n) is 4.33. The number of nitrogens with zero attached hydrogens (tertiary/aromatic N) is 1. The number of carbonyl (C=O) groups is 2. The van der Waals surface area contributed by atoms with Crippen LogP contribution in [0.15, 0.2) is 42.5 Å². The Kier molecular flexibility index (Phi) is 4.46. The number of aromatic amines is 1. The molecule has 1 amide bonds. The quantitative estimate of drug-likeness (QED) is 0.891. The number of aromatic nitrogens is 1. The van der Waals surface area contributed by atoms with E-state index in [0.717, 1.165) is 17.0 Å². The molecule has 2 N–H and O–H groups in total. The van der Waals surface area contributed by atoms with Gasteiger partial charge in [0.15, 0.2) is 0 Å². The number of likely N-dealkylation sites (tertiary alicyclic amines) is 1. The number of hydrogen-bond acceptors (Lipinski definition) is 2.